The molecule has 0 spiro atoms. The Morgan fingerprint density at radius 1 is 1.16 bits per heavy atom. The first-order valence-corrected chi connectivity index (χ1v) is 8.99. The van der Waals surface area contributed by atoms with Gasteiger partial charge in [-0.3, -0.25) is 4.79 Å². The van der Waals surface area contributed by atoms with Crippen LogP contribution in [0.15, 0.2) is 29.3 Å². The molecule has 3 N–H and O–H groups in total. The summed E-state index contributed by atoms with van der Waals surface area (Å²) in [5.41, 5.74) is 1.03. The summed E-state index contributed by atoms with van der Waals surface area (Å²) in [6.07, 6.45) is 0. The van der Waals surface area contributed by atoms with E-state index in [9.17, 15) is 4.79 Å². The monoisotopic (exact) mass is 348 g/mol. The number of carbonyl (C=O) groups is 1. The van der Waals surface area contributed by atoms with Crippen LogP contribution in [-0.4, -0.2) is 37.6 Å². The SMILES string of the molecule is CCNC(=O)COc1cccc(CN=C(NCC)NC(C)C(C)C)c1. The van der Waals surface area contributed by atoms with Crippen molar-refractivity contribution in [2.45, 2.75) is 47.2 Å². The maximum absolute atomic E-state index is 11.5. The van der Waals surface area contributed by atoms with Gasteiger partial charge in [0.05, 0.1) is 6.54 Å². The van der Waals surface area contributed by atoms with Gasteiger partial charge in [0.15, 0.2) is 12.6 Å². The zero-order valence-electron chi connectivity index (χ0n) is 16.1. The Morgan fingerprint density at radius 2 is 1.88 bits per heavy atom. The number of hydrogen-bond donors (Lipinski definition) is 3. The third kappa shape index (κ3) is 8.42. The van der Waals surface area contributed by atoms with Gasteiger partial charge in [0.2, 0.25) is 0 Å². The molecule has 1 unspecified atom stereocenters. The average molecular weight is 348 g/mol. The quantitative estimate of drug-likeness (QED) is 0.473. The van der Waals surface area contributed by atoms with E-state index in [1.54, 1.807) is 0 Å². The topological polar surface area (TPSA) is 74.8 Å². The maximum atomic E-state index is 11.5. The lowest BCUT2D eigenvalue weighted by Crippen LogP contribution is -2.44. The zero-order valence-corrected chi connectivity index (χ0v) is 16.1. The van der Waals surface area contributed by atoms with Crippen LogP contribution in [0.5, 0.6) is 5.75 Å². The van der Waals surface area contributed by atoms with Crippen LogP contribution < -0.4 is 20.7 Å². The number of nitrogens with one attached hydrogen (secondary N) is 3. The van der Waals surface area contributed by atoms with Crippen molar-refractivity contribution in [3.05, 3.63) is 29.8 Å². The highest BCUT2D eigenvalue weighted by atomic mass is 16.5. The number of ether oxygens (including phenoxy) is 1. The number of rotatable bonds is 9. The van der Waals surface area contributed by atoms with E-state index in [0.717, 1.165) is 18.1 Å². The van der Waals surface area contributed by atoms with Gasteiger partial charge in [0, 0.05) is 19.1 Å². The van der Waals surface area contributed by atoms with Crippen molar-refractivity contribution in [2.75, 3.05) is 19.7 Å². The number of guanidine groups is 1. The Morgan fingerprint density at radius 3 is 2.52 bits per heavy atom. The van der Waals surface area contributed by atoms with Crippen molar-refractivity contribution in [1.82, 2.24) is 16.0 Å². The second kappa shape index (κ2) is 11.3. The van der Waals surface area contributed by atoms with Crippen LogP contribution in [0.2, 0.25) is 0 Å². The molecule has 0 heterocycles. The van der Waals surface area contributed by atoms with Crippen molar-refractivity contribution in [2.24, 2.45) is 10.9 Å². The molecule has 0 saturated carbocycles. The van der Waals surface area contributed by atoms with Crippen molar-refractivity contribution in [1.29, 1.82) is 0 Å². The molecule has 6 heteroatoms. The fraction of sp³-hybridized carbons (Fsp3) is 0.579. The highest BCUT2D eigenvalue weighted by molar-refractivity contribution is 5.80. The number of amides is 1. The van der Waals surface area contributed by atoms with Gasteiger partial charge in [-0.1, -0.05) is 26.0 Å². The van der Waals surface area contributed by atoms with Gasteiger partial charge in [-0.25, -0.2) is 4.99 Å². The van der Waals surface area contributed by atoms with E-state index >= 15 is 0 Å². The van der Waals surface area contributed by atoms with Crippen molar-refractivity contribution in [3.8, 4) is 5.75 Å². The van der Waals surface area contributed by atoms with Crippen LogP contribution in [0.3, 0.4) is 0 Å². The molecule has 1 rings (SSSR count). The van der Waals surface area contributed by atoms with E-state index in [4.69, 9.17) is 4.74 Å². The molecule has 0 aromatic heterocycles. The van der Waals surface area contributed by atoms with Gasteiger partial charge < -0.3 is 20.7 Å². The summed E-state index contributed by atoms with van der Waals surface area (Å²) in [4.78, 5) is 16.1. The first-order chi connectivity index (χ1) is 12.0. The molecule has 140 valence electrons. The van der Waals surface area contributed by atoms with Crippen molar-refractivity contribution in [3.63, 3.8) is 0 Å². The van der Waals surface area contributed by atoms with Crippen LogP contribution in [0.4, 0.5) is 0 Å². The summed E-state index contributed by atoms with van der Waals surface area (Å²) in [7, 11) is 0. The Bertz CT molecular complexity index is 558. The molecule has 0 aliphatic carbocycles. The molecule has 1 aromatic rings. The van der Waals surface area contributed by atoms with E-state index in [1.165, 1.54) is 0 Å². The van der Waals surface area contributed by atoms with Crippen LogP contribution in [0.1, 0.15) is 40.2 Å². The molecule has 1 amide bonds. The predicted octanol–water partition coefficient (Wildman–Crippen LogP) is 2.30. The molecule has 0 bridgehead atoms. The normalized spacial score (nSPS) is 12.6. The van der Waals surface area contributed by atoms with Crippen LogP contribution in [0.25, 0.3) is 0 Å². The molecular formula is C19H32N4O2. The van der Waals surface area contributed by atoms with Crippen LogP contribution in [-0.2, 0) is 11.3 Å². The second-order valence-corrected chi connectivity index (χ2v) is 6.26. The first-order valence-electron chi connectivity index (χ1n) is 8.99. The smallest absolute Gasteiger partial charge is 0.257 e. The standard InChI is InChI=1S/C19H32N4O2/c1-6-20-18(24)13-25-17-10-8-9-16(11-17)12-22-19(21-7-2)23-15(5)14(3)4/h8-11,14-15H,6-7,12-13H2,1-5H3,(H,20,24)(H2,21,22,23). The largest absolute Gasteiger partial charge is 0.484 e. The van der Waals surface area contributed by atoms with Gasteiger partial charge in [-0.15, -0.1) is 0 Å². The van der Waals surface area contributed by atoms with E-state index in [-0.39, 0.29) is 12.5 Å². The zero-order chi connectivity index (χ0) is 18.7. The molecule has 25 heavy (non-hydrogen) atoms. The van der Waals surface area contributed by atoms with E-state index in [1.807, 2.05) is 38.1 Å². The van der Waals surface area contributed by atoms with Crippen molar-refractivity contribution < 1.29 is 9.53 Å². The molecule has 1 aromatic carbocycles. The molecular weight excluding hydrogens is 316 g/mol. The van der Waals surface area contributed by atoms with Gasteiger partial charge in [-0.05, 0) is 44.4 Å². The predicted molar refractivity (Wildman–Crippen MR) is 103 cm³/mol. The van der Waals surface area contributed by atoms with E-state index in [0.29, 0.717) is 30.8 Å². The Labute approximate surface area is 151 Å². The summed E-state index contributed by atoms with van der Waals surface area (Å²) in [5, 5.41) is 9.38. The van der Waals surface area contributed by atoms with E-state index in [2.05, 4.69) is 41.7 Å². The lowest BCUT2D eigenvalue weighted by Gasteiger charge is -2.20. The molecule has 0 fully saturated rings. The van der Waals surface area contributed by atoms with Gasteiger partial charge >= 0.3 is 0 Å². The number of likely N-dealkylation sites (N-methyl/N-ethyl adjacent to an activating group) is 1. The number of benzene rings is 1. The number of carbonyl (C=O) groups excluding carboxylic acids is 1. The van der Waals surface area contributed by atoms with Crippen LogP contribution >= 0.6 is 0 Å². The molecule has 0 saturated heterocycles. The van der Waals surface area contributed by atoms with Crippen molar-refractivity contribution >= 4 is 11.9 Å². The lowest BCUT2D eigenvalue weighted by atomic mass is 10.1. The second-order valence-electron chi connectivity index (χ2n) is 6.26. The molecule has 6 nitrogen and oxygen atoms in total. The minimum Gasteiger partial charge on any atom is -0.484 e. The number of nitrogens with zero attached hydrogens (tertiary/aromatic N) is 1. The Balaban J connectivity index is 2.67. The first kappa shape index (κ1) is 20.8. The van der Waals surface area contributed by atoms with Gasteiger partial charge in [0.25, 0.3) is 5.91 Å². The Kier molecular flexibility index (Phi) is 9.43. The fourth-order valence-electron chi connectivity index (χ4n) is 2.00. The Hall–Kier alpha value is -2.24. The van der Waals surface area contributed by atoms with Gasteiger partial charge in [-0.2, -0.15) is 0 Å². The minimum atomic E-state index is -0.118. The highest BCUT2D eigenvalue weighted by Crippen LogP contribution is 2.14. The number of hydrogen-bond acceptors (Lipinski definition) is 3. The summed E-state index contributed by atoms with van der Waals surface area (Å²) >= 11 is 0. The molecule has 0 radical (unpaired) electrons. The third-order valence-electron chi connectivity index (χ3n) is 3.77. The fourth-order valence-corrected chi connectivity index (χ4v) is 2.00. The average Bonchev–Trinajstić information content (AvgIpc) is 2.58. The van der Waals surface area contributed by atoms with Gasteiger partial charge in [0.1, 0.15) is 5.75 Å². The highest BCUT2D eigenvalue weighted by Gasteiger charge is 2.09. The summed E-state index contributed by atoms with van der Waals surface area (Å²) in [6.45, 7) is 12.4. The summed E-state index contributed by atoms with van der Waals surface area (Å²) in [6, 6.07) is 8.01. The minimum absolute atomic E-state index is 0.0245. The summed E-state index contributed by atoms with van der Waals surface area (Å²) < 4.78 is 5.52. The molecule has 1 atom stereocenters. The molecule has 0 aliphatic heterocycles. The number of aliphatic imine (C=N–C) groups is 1. The summed E-state index contributed by atoms with van der Waals surface area (Å²) in [5.74, 6) is 1.88. The van der Waals surface area contributed by atoms with E-state index < -0.39 is 0 Å². The van der Waals surface area contributed by atoms with Crippen LogP contribution in [0, 0.1) is 5.92 Å². The maximum Gasteiger partial charge on any atom is 0.257 e. The lowest BCUT2D eigenvalue weighted by molar-refractivity contribution is -0.122. The molecule has 0 aliphatic rings. The third-order valence-corrected chi connectivity index (χ3v) is 3.77.